The molecule has 2 N–H and O–H groups in total. The third-order valence-electron chi connectivity index (χ3n) is 4.84. The van der Waals surface area contributed by atoms with Crippen LogP contribution in [0.4, 0.5) is 5.69 Å². The van der Waals surface area contributed by atoms with Gasteiger partial charge in [0, 0.05) is 38.3 Å². The van der Waals surface area contributed by atoms with E-state index in [1.807, 2.05) is 42.5 Å². The fraction of sp³-hybridized carbons (Fsp3) is 0.429. The molecule has 1 aliphatic rings. The van der Waals surface area contributed by atoms with Crippen LogP contribution in [0, 0.1) is 0 Å². The van der Waals surface area contributed by atoms with Crippen LogP contribution in [0.15, 0.2) is 48.5 Å². The molecule has 0 saturated carbocycles. The molecule has 2 aromatic carbocycles. The second-order valence-corrected chi connectivity index (χ2v) is 6.69. The number of methoxy groups -OCH3 is 1. The van der Waals surface area contributed by atoms with Gasteiger partial charge in [-0.1, -0.05) is 30.3 Å². The lowest BCUT2D eigenvalue weighted by atomic mass is 10.2. The van der Waals surface area contributed by atoms with Crippen LogP contribution in [-0.4, -0.2) is 67.7 Å². The first-order valence-electron chi connectivity index (χ1n) is 9.31. The van der Waals surface area contributed by atoms with Gasteiger partial charge in [-0.3, -0.25) is 4.90 Å². The monoisotopic (exact) mass is 372 g/mol. The highest BCUT2D eigenvalue weighted by atomic mass is 16.5. The van der Waals surface area contributed by atoms with E-state index >= 15 is 0 Å². The average molecular weight is 372 g/mol. The number of β-amino-alcohol motifs (C(OH)–C–C–N with tert-alkyl or cyclic N) is 1. The molecule has 3 rings (SSSR count). The molecule has 27 heavy (non-hydrogen) atoms. The zero-order valence-electron chi connectivity index (χ0n) is 15.8. The summed E-state index contributed by atoms with van der Waals surface area (Å²) in [5.41, 5.74) is 1.85. The van der Waals surface area contributed by atoms with Crippen molar-refractivity contribution in [2.24, 2.45) is 0 Å². The Morgan fingerprint density at radius 3 is 2.33 bits per heavy atom. The Balaban J connectivity index is 1.46. The maximum atomic E-state index is 10.3. The maximum absolute atomic E-state index is 10.3. The van der Waals surface area contributed by atoms with Gasteiger partial charge in [0.15, 0.2) is 0 Å². The molecule has 0 amide bonds. The highest BCUT2D eigenvalue weighted by molar-refractivity contribution is 5.58. The molecule has 2 aromatic rings. The van der Waals surface area contributed by atoms with Crippen LogP contribution in [0.1, 0.15) is 5.56 Å². The molecule has 0 aromatic heterocycles. The van der Waals surface area contributed by atoms with E-state index in [-0.39, 0.29) is 13.2 Å². The summed E-state index contributed by atoms with van der Waals surface area (Å²) in [7, 11) is 1.69. The van der Waals surface area contributed by atoms with Gasteiger partial charge in [-0.15, -0.1) is 0 Å². The number of anilines is 1. The molecule has 1 saturated heterocycles. The molecule has 1 atom stereocenters. The van der Waals surface area contributed by atoms with Crippen LogP contribution in [-0.2, 0) is 6.61 Å². The van der Waals surface area contributed by atoms with Crippen molar-refractivity contribution in [1.29, 1.82) is 0 Å². The van der Waals surface area contributed by atoms with Crippen LogP contribution >= 0.6 is 0 Å². The van der Waals surface area contributed by atoms with Gasteiger partial charge in [-0.25, -0.2) is 0 Å². The van der Waals surface area contributed by atoms with E-state index in [0.29, 0.717) is 12.3 Å². The van der Waals surface area contributed by atoms with Crippen LogP contribution in [0.2, 0.25) is 0 Å². The molecule has 0 bridgehead atoms. The Hall–Kier alpha value is -2.28. The molecular weight excluding hydrogens is 344 g/mol. The average Bonchev–Trinajstić information content (AvgIpc) is 2.73. The Kier molecular flexibility index (Phi) is 6.92. The van der Waals surface area contributed by atoms with Crippen molar-refractivity contribution < 1.29 is 19.7 Å². The summed E-state index contributed by atoms with van der Waals surface area (Å²) in [4.78, 5) is 4.56. The van der Waals surface area contributed by atoms with Crippen LogP contribution in [0.25, 0.3) is 0 Å². The second kappa shape index (κ2) is 9.60. The Bertz CT molecular complexity index is 717. The number of piperazine rings is 1. The number of ether oxygens (including phenoxy) is 2. The van der Waals surface area contributed by atoms with Gasteiger partial charge in [-0.2, -0.15) is 0 Å². The largest absolute Gasteiger partial charge is 0.495 e. The van der Waals surface area contributed by atoms with Crippen molar-refractivity contribution in [1.82, 2.24) is 4.90 Å². The SMILES string of the molecule is COc1ccccc1N1CCN(CC(O)COc2ccccc2CO)CC1. The van der Waals surface area contributed by atoms with Crippen molar-refractivity contribution in [2.45, 2.75) is 12.7 Å². The van der Waals surface area contributed by atoms with E-state index in [1.54, 1.807) is 7.11 Å². The normalized spacial score (nSPS) is 16.2. The van der Waals surface area contributed by atoms with Crippen LogP contribution < -0.4 is 14.4 Å². The maximum Gasteiger partial charge on any atom is 0.142 e. The Labute approximate surface area is 160 Å². The first-order chi connectivity index (χ1) is 13.2. The minimum absolute atomic E-state index is 0.0722. The number of benzene rings is 2. The van der Waals surface area contributed by atoms with Gasteiger partial charge < -0.3 is 24.6 Å². The Morgan fingerprint density at radius 1 is 0.963 bits per heavy atom. The molecule has 6 heteroatoms. The lowest BCUT2D eigenvalue weighted by molar-refractivity contribution is 0.0654. The van der Waals surface area contributed by atoms with Gasteiger partial charge in [0.1, 0.15) is 24.2 Å². The number of rotatable bonds is 8. The predicted octanol–water partition coefficient (Wildman–Crippen LogP) is 1.75. The van der Waals surface area contributed by atoms with E-state index in [1.165, 1.54) is 0 Å². The van der Waals surface area contributed by atoms with Crippen molar-refractivity contribution in [3.8, 4) is 11.5 Å². The van der Waals surface area contributed by atoms with E-state index < -0.39 is 6.10 Å². The lowest BCUT2D eigenvalue weighted by Gasteiger charge is -2.37. The summed E-state index contributed by atoms with van der Waals surface area (Å²) in [5, 5.41) is 19.7. The number of aliphatic hydroxyl groups is 2. The summed E-state index contributed by atoms with van der Waals surface area (Å²) in [6.07, 6.45) is -0.574. The molecule has 0 radical (unpaired) electrons. The van der Waals surface area contributed by atoms with E-state index in [2.05, 4.69) is 15.9 Å². The molecule has 1 fully saturated rings. The molecule has 6 nitrogen and oxygen atoms in total. The summed E-state index contributed by atoms with van der Waals surface area (Å²) in [6.45, 7) is 4.25. The van der Waals surface area contributed by atoms with E-state index in [0.717, 1.165) is 43.2 Å². The minimum atomic E-state index is -0.574. The fourth-order valence-electron chi connectivity index (χ4n) is 3.37. The van der Waals surface area contributed by atoms with Gasteiger partial charge in [0.05, 0.1) is 19.4 Å². The third kappa shape index (κ3) is 5.13. The molecule has 1 unspecified atom stereocenters. The number of nitrogens with zero attached hydrogens (tertiary/aromatic N) is 2. The van der Waals surface area contributed by atoms with Crippen LogP contribution in [0.5, 0.6) is 11.5 Å². The number of para-hydroxylation sites is 3. The van der Waals surface area contributed by atoms with Crippen molar-refractivity contribution >= 4 is 5.69 Å². The summed E-state index contributed by atoms with van der Waals surface area (Å²) in [5.74, 6) is 1.52. The Morgan fingerprint density at radius 2 is 1.63 bits per heavy atom. The van der Waals surface area contributed by atoms with Crippen molar-refractivity contribution in [2.75, 3.05) is 51.3 Å². The van der Waals surface area contributed by atoms with E-state index in [9.17, 15) is 10.2 Å². The minimum Gasteiger partial charge on any atom is -0.495 e. The number of hydrogen-bond acceptors (Lipinski definition) is 6. The standard InChI is InChI=1S/C21H28N2O4/c1-26-21-9-5-3-7-19(21)23-12-10-22(11-13-23)14-18(25)16-27-20-8-4-2-6-17(20)15-24/h2-9,18,24-25H,10-16H2,1H3. The molecular formula is C21H28N2O4. The highest BCUT2D eigenvalue weighted by Crippen LogP contribution is 2.28. The lowest BCUT2D eigenvalue weighted by Crippen LogP contribution is -2.49. The molecule has 0 spiro atoms. The summed E-state index contributed by atoms with van der Waals surface area (Å²) >= 11 is 0. The third-order valence-corrected chi connectivity index (χ3v) is 4.84. The van der Waals surface area contributed by atoms with Crippen LogP contribution in [0.3, 0.4) is 0 Å². The smallest absolute Gasteiger partial charge is 0.142 e. The summed E-state index contributed by atoms with van der Waals surface area (Å²) < 4.78 is 11.1. The number of aliphatic hydroxyl groups excluding tert-OH is 2. The zero-order chi connectivity index (χ0) is 19.1. The molecule has 1 heterocycles. The molecule has 1 aliphatic heterocycles. The van der Waals surface area contributed by atoms with Gasteiger partial charge >= 0.3 is 0 Å². The predicted molar refractivity (Wildman–Crippen MR) is 106 cm³/mol. The van der Waals surface area contributed by atoms with Gasteiger partial charge in [0.25, 0.3) is 0 Å². The van der Waals surface area contributed by atoms with Gasteiger partial charge in [0.2, 0.25) is 0 Å². The van der Waals surface area contributed by atoms with E-state index in [4.69, 9.17) is 9.47 Å². The van der Waals surface area contributed by atoms with Crippen molar-refractivity contribution in [3.63, 3.8) is 0 Å². The van der Waals surface area contributed by atoms with Crippen molar-refractivity contribution in [3.05, 3.63) is 54.1 Å². The van der Waals surface area contributed by atoms with Gasteiger partial charge in [-0.05, 0) is 18.2 Å². The first-order valence-corrected chi connectivity index (χ1v) is 9.31. The molecule has 0 aliphatic carbocycles. The number of hydrogen-bond donors (Lipinski definition) is 2. The first kappa shape index (κ1) is 19.5. The second-order valence-electron chi connectivity index (χ2n) is 6.69. The summed E-state index contributed by atoms with van der Waals surface area (Å²) in [6, 6.07) is 15.4. The quantitative estimate of drug-likeness (QED) is 0.736. The zero-order valence-corrected chi connectivity index (χ0v) is 15.8. The highest BCUT2D eigenvalue weighted by Gasteiger charge is 2.21. The fourth-order valence-corrected chi connectivity index (χ4v) is 3.37. The molecule has 146 valence electrons. The topological polar surface area (TPSA) is 65.4 Å².